The normalized spacial score (nSPS) is 10.7. The summed E-state index contributed by atoms with van der Waals surface area (Å²) >= 11 is 0. The number of benzene rings is 2. The molecule has 0 aromatic heterocycles. The predicted molar refractivity (Wildman–Crippen MR) is 95.9 cm³/mol. The zero-order chi connectivity index (χ0) is 16.5. The molecule has 2 heteroatoms. The van der Waals surface area contributed by atoms with Crippen LogP contribution >= 0.6 is 0 Å². The van der Waals surface area contributed by atoms with Crippen LogP contribution in [-0.4, -0.2) is 10.9 Å². The van der Waals surface area contributed by atoms with Crippen molar-refractivity contribution >= 4 is 5.78 Å². The molecule has 0 aliphatic heterocycles. The minimum atomic E-state index is 0.212. The van der Waals surface area contributed by atoms with Crippen molar-refractivity contribution < 1.29 is 9.90 Å². The van der Waals surface area contributed by atoms with Crippen molar-refractivity contribution in [3.05, 3.63) is 54.1 Å². The lowest BCUT2D eigenvalue weighted by molar-refractivity contribution is 0.0979. The second-order valence-electron chi connectivity index (χ2n) is 6.04. The Labute approximate surface area is 139 Å². The smallest absolute Gasteiger partial charge is 0.162 e. The van der Waals surface area contributed by atoms with E-state index in [4.69, 9.17) is 0 Å². The number of phenols is 1. The first-order valence-corrected chi connectivity index (χ1v) is 8.64. The van der Waals surface area contributed by atoms with Crippen molar-refractivity contribution in [3.8, 4) is 16.9 Å². The second kappa shape index (κ2) is 9.14. The van der Waals surface area contributed by atoms with Crippen molar-refractivity contribution in [1.29, 1.82) is 0 Å². The Morgan fingerprint density at radius 2 is 1.52 bits per heavy atom. The number of hydrogen-bond donors (Lipinski definition) is 1. The van der Waals surface area contributed by atoms with Gasteiger partial charge in [-0.2, -0.15) is 0 Å². The molecule has 1 N–H and O–H groups in total. The Kier molecular flexibility index (Phi) is 6.86. The quantitative estimate of drug-likeness (QED) is 0.456. The van der Waals surface area contributed by atoms with Gasteiger partial charge in [-0.15, -0.1) is 0 Å². The van der Waals surface area contributed by atoms with Crippen LogP contribution in [0.4, 0.5) is 0 Å². The van der Waals surface area contributed by atoms with E-state index in [1.807, 2.05) is 36.4 Å². The van der Waals surface area contributed by atoms with Crippen LogP contribution in [0.1, 0.15) is 62.2 Å². The van der Waals surface area contributed by atoms with Gasteiger partial charge in [-0.05, 0) is 18.1 Å². The fraction of sp³-hybridized carbons (Fsp3) is 0.381. The van der Waals surface area contributed by atoms with Crippen molar-refractivity contribution in [2.24, 2.45) is 0 Å². The van der Waals surface area contributed by atoms with Crippen LogP contribution in [0.5, 0.6) is 5.75 Å². The molecule has 2 aromatic rings. The third-order valence-electron chi connectivity index (χ3n) is 4.18. The molecule has 0 aliphatic carbocycles. The highest BCUT2D eigenvalue weighted by molar-refractivity contribution is 5.96. The molecule has 0 fully saturated rings. The Morgan fingerprint density at radius 1 is 0.870 bits per heavy atom. The molecule has 0 saturated heterocycles. The molecule has 23 heavy (non-hydrogen) atoms. The zero-order valence-electron chi connectivity index (χ0n) is 13.9. The summed E-state index contributed by atoms with van der Waals surface area (Å²) in [5.74, 6) is 0.475. The summed E-state index contributed by atoms with van der Waals surface area (Å²) in [7, 11) is 0. The molecular formula is C21H26O2. The molecule has 2 rings (SSSR count). The fourth-order valence-corrected chi connectivity index (χ4v) is 2.76. The van der Waals surface area contributed by atoms with Crippen LogP contribution in [0.3, 0.4) is 0 Å². The van der Waals surface area contributed by atoms with Gasteiger partial charge in [0.25, 0.3) is 0 Å². The molecule has 2 aromatic carbocycles. The molecule has 0 saturated carbocycles. The highest BCUT2D eigenvalue weighted by Crippen LogP contribution is 2.28. The van der Waals surface area contributed by atoms with E-state index in [1.165, 1.54) is 25.7 Å². The summed E-state index contributed by atoms with van der Waals surface area (Å²) < 4.78 is 0. The Hall–Kier alpha value is -2.09. The molecule has 0 aliphatic rings. The van der Waals surface area contributed by atoms with E-state index < -0.39 is 0 Å². The number of carbonyl (C=O) groups is 1. The monoisotopic (exact) mass is 310 g/mol. The molecule has 0 unspecified atom stereocenters. The molecule has 0 bridgehead atoms. The number of carbonyl (C=O) groups excluding carboxylic acids is 1. The predicted octanol–water partition coefficient (Wildman–Crippen LogP) is 5.99. The number of hydrogen-bond acceptors (Lipinski definition) is 2. The number of Topliss-reactive ketones (excluding diaryl/α,β-unsaturated/α-hetero) is 1. The van der Waals surface area contributed by atoms with Crippen LogP contribution in [0, 0.1) is 0 Å². The maximum absolute atomic E-state index is 12.2. The summed E-state index contributed by atoms with van der Waals surface area (Å²) in [5.41, 5.74) is 2.49. The summed E-state index contributed by atoms with van der Waals surface area (Å²) in [6.45, 7) is 2.21. The minimum absolute atomic E-state index is 0.212. The maximum Gasteiger partial charge on any atom is 0.162 e. The zero-order valence-corrected chi connectivity index (χ0v) is 13.9. The lowest BCUT2D eigenvalue weighted by Gasteiger charge is -2.06. The molecule has 0 amide bonds. The fourth-order valence-electron chi connectivity index (χ4n) is 2.76. The summed E-state index contributed by atoms with van der Waals surface area (Å²) in [4.78, 5) is 12.2. The molecule has 2 nitrogen and oxygen atoms in total. The van der Waals surface area contributed by atoms with E-state index in [-0.39, 0.29) is 11.5 Å². The van der Waals surface area contributed by atoms with Crippen molar-refractivity contribution in [2.75, 3.05) is 0 Å². The highest BCUT2D eigenvalue weighted by Gasteiger charge is 2.07. The molecule has 0 radical (unpaired) electrons. The Bertz CT molecular complexity index is 614. The van der Waals surface area contributed by atoms with Gasteiger partial charge in [-0.3, -0.25) is 4.79 Å². The summed E-state index contributed by atoms with van der Waals surface area (Å²) in [5, 5.41) is 9.88. The molecular weight excluding hydrogens is 284 g/mol. The number of phenolic OH excluding ortho intramolecular Hbond substituents is 1. The van der Waals surface area contributed by atoms with E-state index in [1.54, 1.807) is 12.1 Å². The first-order valence-electron chi connectivity index (χ1n) is 8.64. The van der Waals surface area contributed by atoms with E-state index >= 15 is 0 Å². The van der Waals surface area contributed by atoms with Gasteiger partial charge in [-0.1, -0.05) is 81.5 Å². The molecule has 0 atom stereocenters. The average molecular weight is 310 g/mol. The highest BCUT2D eigenvalue weighted by atomic mass is 16.3. The largest absolute Gasteiger partial charge is 0.507 e. The van der Waals surface area contributed by atoms with Gasteiger partial charge in [0.05, 0.1) is 0 Å². The van der Waals surface area contributed by atoms with Gasteiger partial charge in [0, 0.05) is 17.5 Å². The standard InChI is InChI=1S/C21H26O2/c1-2-3-4-5-6-7-11-20(22)18-15-13-17(14-16-18)19-10-8-9-12-21(19)23/h8-10,12-16,23H,2-7,11H2,1H3. The van der Waals surface area contributed by atoms with Gasteiger partial charge in [-0.25, -0.2) is 0 Å². The minimum Gasteiger partial charge on any atom is -0.507 e. The van der Waals surface area contributed by atoms with Crippen molar-refractivity contribution in [1.82, 2.24) is 0 Å². The van der Waals surface area contributed by atoms with Crippen LogP contribution in [0.2, 0.25) is 0 Å². The third kappa shape index (κ3) is 5.24. The van der Waals surface area contributed by atoms with Crippen LogP contribution in [-0.2, 0) is 0 Å². The molecule has 122 valence electrons. The van der Waals surface area contributed by atoms with Gasteiger partial charge < -0.3 is 5.11 Å². The second-order valence-corrected chi connectivity index (χ2v) is 6.04. The van der Waals surface area contributed by atoms with E-state index in [0.717, 1.165) is 29.5 Å². The van der Waals surface area contributed by atoms with Crippen molar-refractivity contribution in [3.63, 3.8) is 0 Å². The van der Waals surface area contributed by atoms with Crippen LogP contribution in [0.15, 0.2) is 48.5 Å². The third-order valence-corrected chi connectivity index (χ3v) is 4.18. The lowest BCUT2D eigenvalue weighted by atomic mass is 9.99. The van der Waals surface area contributed by atoms with Gasteiger partial charge >= 0.3 is 0 Å². The maximum atomic E-state index is 12.2. The first kappa shape index (κ1) is 17.3. The Morgan fingerprint density at radius 3 is 2.22 bits per heavy atom. The van der Waals surface area contributed by atoms with Crippen LogP contribution in [0.25, 0.3) is 11.1 Å². The summed E-state index contributed by atoms with van der Waals surface area (Å²) in [6.07, 6.45) is 7.80. The van der Waals surface area contributed by atoms with Crippen LogP contribution < -0.4 is 0 Å². The number of unbranched alkanes of at least 4 members (excludes halogenated alkanes) is 5. The first-order chi connectivity index (χ1) is 11.2. The average Bonchev–Trinajstić information content (AvgIpc) is 2.58. The summed E-state index contributed by atoms with van der Waals surface area (Å²) in [6, 6.07) is 14.8. The van der Waals surface area contributed by atoms with Gasteiger partial charge in [0.1, 0.15) is 5.75 Å². The molecule has 0 heterocycles. The number of aromatic hydroxyl groups is 1. The Balaban J connectivity index is 1.87. The van der Waals surface area contributed by atoms with Gasteiger partial charge in [0.15, 0.2) is 5.78 Å². The molecule has 0 spiro atoms. The van der Waals surface area contributed by atoms with E-state index in [0.29, 0.717) is 6.42 Å². The topological polar surface area (TPSA) is 37.3 Å². The number of para-hydroxylation sites is 1. The van der Waals surface area contributed by atoms with E-state index in [9.17, 15) is 9.90 Å². The SMILES string of the molecule is CCCCCCCCC(=O)c1ccc(-c2ccccc2O)cc1. The van der Waals surface area contributed by atoms with E-state index in [2.05, 4.69) is 6.92 Å². The lowest BCUT2D eigenvalue weighted by Crippen LogP contribution is -1.98. The van der Waals surface area contributed by atoms with Gasteiger partial charge in [0.2, 0.25) is 0 Å². The number of rotatable bonds is 9. The number of ketones is 1. The van der Waals surface area contributed by atoms with Crippen molar-refractivity contribution in [2.45, 2.75) is 51.9 Å².